The fourth-order valence-electron chi connectivity index (χ4n) is 2.70. The molecule has 0 saturated carbocycles. The first-order valence-electron chi connectivity index (χ1n) is 8.86. The summed E-state index contributed by atoms with van der Waals surface area (Å²) < 4.78 is 41.9. The lowest BCUT2D eigenvalue weighted by atomic mass is 10.1. The zero-order chi connectivity index (χ0) is 21.0. The molecule has 0 N–H and O–H groups in total. The average Bonchev–Trinajstić information content (AvgIpc) is 3.04. The van der Waals surface area contributed by atoms with E-state index in [4.69, 9.17) is 0 Å². The Balaban J connectivity index is 1.87. The number of fused-ring (bicyclic) bond motifs is 1. The molecule has 0 aliphatic heterocycles. The van der Waals surface area contributed by atoms with Crippen LogP contribution in [0.2, 0.25) is 0 Å². The zero-order valence-corrected chi connectivity index (χ0v) is 16.8. The highest BCUT2D eigenvalue weighted by molar-refractivity contribution is 7.22. The number of hydrogen-bond acceptors (Lipinski definition) is 5. The van der Waals surface area contributed by atoms with E-state index in [1.165, 1.54) is 18.2 Å². The lowest BCUT2D eigenvalue weighted by Crippen LogP contribution is -2.37. The van der Waals surface area contributed by atoms with Crippen molar-refractivity contribution in [2.45, 2.75) is 12.8 Å². The predicted molar refractivity (Wildman–Crippen MR) is 107 cm³/mol. The van der Waals surface area contributed by atoms with Gasteiger partial charge in [-0.3, -0.25) is 9.69 Å². The number of aromatic nitrogens is 1. The summed E-state index contributed by atoms with van der Waals surface area (Å²) >= 11 is 1.16. The Morgan fingerprint density at radius 3 is 2.48 bits per heavy atom. The van der Waals surface area contributed by atoms with Crippen molar-refractivity contribution < 1.29 is 22.7 Å². The van der Waals surface area contributed by atoms with E-state index < -0.39 is 6.36 Å². The summed E-state index contributed by atoms with van der Waals surface area (Å²) in [6, 6.07) is 13.3. The lowest BCUT2D eigenvalue weighted by Gasteiger charge is -2.22. The highest BCUT2D eigenvalue weighted by atomic mass is 32.1. The Kier molecular flexibility index (Phi) is 6.39. The number of alkyl halides is 3. The molecule has 0 saturated heterocycles. The third kappa shape index (κ3) is 5.91. The second kappa shape index (κ2) is 8.79. The number of amides is 1. The van der Waals surface area contributed by atoms with Crippen LogP contribution in [-0.4, -0.2) is 49.3 Å². The van der Waals surface area contributed by atoms with Crippen LogP contribution < -0.4 is 9.64 Å². The molecule has 0 aliphatic rings. The number of halogens is 3. The van der Waals surface area contributed by atoms with E-state index in [9.17, 15) is 18.0 Å². The van der Waals surface area contributed by atoms with Crippen molar-refractivity contribution in [2.75, 3.05) is 32.1 Å². The quantitative estimate of drug-likeness (QED) is 0.568. The second-order valence-electron chi connectivity index (χ2n) is 6.68. The van der Waals surface area contributed by atoms with Crippen LogP contribution in [0.25, 0.3) is 10.2 Å². The van der Waals surface area contributed by atoms with Gasteiger partial charge in [0, 0.05) is 19.2 Å². The number of likely N-dealkylation sites (N-methyl/N-ethyl adjacent to an activating group) is 1. The van der Waals surface area contributed by atoms with Gasteiger partial charge in [0.25, 0.3) is 0 Å². The number of hydrogen-bond donors (Lipinski definition) is 0. The normalized spacial score (nSPS) is 11.8. The molecule has 1 heterocycles. The van der Waals surface area contributed by atoms with Gasteiger partial charge in [0.05, 0.1) is 16.6 Å². The Morgan fingerprint density at radius 1 is 1.10 bits per heavy atom. The standard InChI is InChI=1S/C20H20F3N3O2S/c1-25(2)10-11-26(18(27)12-14-6-4-3-5-7-14)19-24-16-9-8-15(13-17(16)29-19)28-20(21,22)23/h3-9,13H,10-12H2,1-2H3. The van der Waals surface area contributed by atoms with Crippen LogP contribution in [0.15, 0.2) is 48.5 Å². The van der Waals surface area contributed by atoms with Crippen molar-refractivity contribution in [3.05, 3.63) is 54.1 Å². The molecular weight excluding hydrogens is 403 g/mol. The summed E-state index contributed by atoms with van der Waals surface area (Å²) in [6.45, 7) is 1.04. The summed E-state index contributed by atoms with van der Waals surface area (Å²) in [5.74, 6) is -0.431. The molecule has 1 aromatic heterocycles. The Hall–Kier alpha value is -2.65. The molecule has 3 rings (SSSR count). The van der Waals surface area contributed by atoms with E-state index in [1.807, 2.05) is 49.3 Å². The van der Waals surface area contributed by atoms with Crippen LogP contribution in [0, 0.1) is 0 Å². The molecule has 0 spiro atoms. The average molecular weight is 423 g/mol. The largest absolute Gasteiger partial charge is 0.573 e. The Bertz CT molecular complexity index is 974. The van der Waals surface area contributed by atoms with E-state index in [0.717, 1.165) is 16.9 Å². The fourth-order valence-corrected chi connectivity index (χ4v) is 3.74. The number of benzene rings is 2. The number of carbonyl (C=O) groups excluding carboxylic acids is 1. The highest BCUT2D eigenvalue weighted by Gasteiger charge is 2.31. The van der Waals surface area contributed by atoms with Crippen molar-refractivity contribution in [1.82, 2.24) is 9.88 Å². The van der Waals surface area contributed by atoms with Crippen LogP contribution in [0.1, 0.15) is 5.56 Å². The van der Waals surface area contributed by atoms with Crippen molar-refractivity contribution in [3.63, 3.8) is 0 Å². The smallest absolute Gasteiger partial charge is 0.406 e. The third-order valence-electron chi connectivity index (χ3n) is 4.08. The minimum atomic E-state index is -4.76. The van der Waals surface area contributed by atoms with Gasteiger partial charge in [-0.2, -0.15) is 0 Å². The van der Waals surface area contributed by atoms with Gasteiger partial charge in [-0.05, 0) is 31.8 Å². The summed E-state index contributed by atoms with van der Waals surface area (Å²) in [4.78, 5) is 21.0. The number of nitrogens with zero attached hydrogens (tertiary/aromatic N) is 3. The van der Waals surface area contributed by atoms with Gasteiger partial charge in [-0.25, -0.2) is 4.98 Å². The van der Waals surface area contributed by atoms with Gasteiger partial charge in [0.2, 0.25) is 5.91 Å². The maximum Gasteiger partial charge on any atom is 0.573 e. The third-order valence-corrected chi connectivity index (χ3v) is 5.12. The first kappa shape index (κ1) is 21.1. The molecule has 9 heteroatoms. The van der Waals surface area contributed by atoms with Crippen LogP contribution >= 0.6 is 11.3 Å². The van der Waals surface area contributed by atoms with E-state index in [2.05, 4.69) is 9.72 Å². The summed E-state index contributed by atoms with van der Waals surface area (Å²) in [6.07, 6.45) is -4.54. The fraction of sp³-hybridized carbons (Fsp3) is 0.300. The van der Waals surface area contributed by atoms with Crippen LogP contribution in [0.3, 0.4) is 0 Å². The molecule has 29 heavy (non-hydrogen) atoms. The first-order valence-corrected chi connectivity index (χ1v) is 9.68. The minimum absolute atomic E-state index is 0.121. The second-order valence-corrected chi connectivity index (χ2v) is 7.69. The van der Waals surface area contributed by atoms with Crippen molar-refractivity contribution in [3.8, 4) is 5.75 Å². The highest BCUT2D eigenvalue weighted by Crippen LogP contribution is 2.33. The van der Waals surface area contributed by atoms with E-state index >= 15 is 0 Å². The van der Waals surface area contributed by atoms with Crippen LogP contribution in [-0.2, 0) is 11.2 Å². The number of ether oxygens (including phenoxy) is 1. The van der Waals surface area contributed by atoms with Crippen molar-refractivity contribution >= 4 is 32.6 Å². The van der Waals surface area contributed by atoms with E-state index in [0.29, 0.717) is 28.4 Å². The van der Waals surface area contributed by atoms with E-state index in [1.54, 1.807) is 4.90 Å². The molecule has 0 aliphatic carbocycles. The Morgan fingerprint density at radius 2 is 1.83 bits per heavy atom. The summed E-state index contributed by atoms with van der Waals surface area (Å²) in [7, 11) is 3.80. The lowest BCUT2D eigenvalue weighted by molar-refractivity contribution is -0.274. The molecule has 0 fully saturated rings. The molecule has 3 aromatic rings. The molecule has 154 valence electrons. The molecule has 5 nitrogen and oxygen atoms in total. The monoisotopic (exact) mass is 423 g/mol. The number of rotatable bonds is 7. The van der Waals surface area contributed by atoms with Gasteiger partial charge < -0.3 is 9.64 Å². The number of anilines is 1. The van der Waals surface area contributed by atoms with Gasteiger partial charge in [0.15, 0.2) is 5.13 Å². The van der Waals surface area contributed by atoms with Crippen molar-refractivity contribution in [1.29, 1.82) is 0 Å². The molecule has 0 radical (unpaired) electrons. The molecular formula is C20H20F3N3O2S. The van der Waals surface area contributed by atoms with Gasteiger partial charge in [0.1, 0.15) is 5.75 Å². The summed E-state index contributed by atoms with van der Waals surface area (Å²) in [5.41, 5.74) is 1.40. The maximum atomic E-state index is 13.0. The number of thiazole rings is 1. The first-order chi connectivity index (χ1) is 13.7. The predicted octanol–water partition coefficient (Wildman–Crippen LogP) is 4.33. The molecule has 1 amide bonds. The molecule has 0 atom stereocenters. The maximum absolute atomic E-state index is 13.0. The molecule has 2 aromatic carbocycles. The van der Waals surface area contributed by atoms with Gasteiger partial charge in [-0.15, -0.1) is 13.2 Å². The van der Waals surface area contributed by atoms with Gasteiger partial charge >= 0.3 is 6.36 Å². The molecule has 0 bridgehead atoms. The minimum Gasteiger partial charge on any atom is -0.406 e. The van der Waals surface area contributed by atoms with Crippen LogP contribution in [0.4, 0.5) is 18.3 Å². The topological polar surface area (TPSA) is 45.7 Å². The number of carbonyl (C=O) groups is 1. The van der Waals surface area contributed by atoms with Crippen molar-refractivity contribution in [2.24, 2.45) is 0 Å². The summed E-state index contributed by atoms with van der Waals surface area (Å²) in [5, 5.41) is 0.451. The van der Waals surface area contributed by atoms with Gasteiger partial charge in [-0.1, -0.05) is 41.7 Å². The van der Waals surface area contributed by atoms with E-state index in [-0.39, 0.29) is 18.1 Å². The molecule has 0 unspecified atom stereocenters. The Labute approximate surface area is 170 Å². The van der Waals surface area contributed by atoms with Crippen LogP contribution in [0.5, 0.6) is 5.75 Å². The zero-order valence-electron chi connectivity index (χ0n) is 15.9. The SMILES string of the molecule is CN(C)CCN(C(=O)Cc1ccccc1)c1nc2ccc(OC(F)(F)F)cc2s1.